The number of nitrogens with one attached hydrogen (secondary N) is 1. The zero-order chi connectivity index (χ0) is 6.24. The van der Waals surface area contributed by atoms with E-state index < -0.39 is 0 Å². The first-order chi connectivity index (χ1) is 3.91. The lowest BCUT2D eigenvalue weighted by Gasteiger charge is -1.91. The molecule has 0 atom stereocenters. The van der Waals surface area contributed by atoms with Gasteiger partial charge in [-0.15, -0.1) is 0 Å². The standard InChI is InChI=1S/C6H14N2/c1-3-5-7-8-6-4-2/h5,8H,3-4,6H2,1-2H3/b7-5-. The Morgan fingerprint density at radius 1 is 1.50 bits per heavy atom. The molecule has 48 valence electrons. The van der Waals surface area contributed by atoms with Crippen LogP contribution in [-0.2, 0) is 0 Å². The summed E-state index contributed by atoms with van der Waals surface area (Å²) in [5.41, 5.74) is 2.91. The van der Waals surface area contributed by atoms with Crippen molar-refractivity contribution in [3.8, 4) is 0 Å². The van der Waals surface area contributed by atoms with Gasteiger partial charge in [-0.2, -0.15) is 5.10 Å². The molecule has 0 aliphatic carbocycles. The lowest BCUT2D eigenvalue weighted by molar-refractivity contribution is 0.717. The zero-order valence-corrected chi connectivity index (χ0v) is 5.65. The van der Waals surface area contributed by atoms with Crippen LogP contribution in [0.1, 0.15) is 26.7 Å². The summed E-state index contributed by atoms with van der Waals surface area (Å²) in [6.07, 6.45) is 4.02. The monoisotopic (exact) mass is 114 g/mol. The van der Waals surface area contributed by atoms with Crippen molar-refractivity contribution in [1.82, 2.24) is 5.43 Å². The highest BCUT2D eigenvalue weighted by molar-refractivity contribution is 5.55. The molecule has 1 N–H and O–H groups in total. The first-order valence-electron chi connectivity index (χ1n) is 3.16. The second kappa shape index (κ2) is 6.47. The normalized spacial score (nSPS) is 10.2. The second-order valence-corrected chi connectivity index (χ2v) is 1.63. The lowest BCUT2D eigenvalue weighted by Crippen LogP contribution is -2.05. The van der Waals surface area contributed by atoms with Gasteiger partial charge in [0.1, 0.15) is 0 Å². The summed E-state index contributed by atoms with van der Waals surface area (Å²) in [6.45, 7) is 5.17. The number of rotatable bonds is 4. The van der Waals surface area contributed by atoms with Crippen LogP contribution in [0.15, 0.2) is 5.10 Å². The molecule has 2 nitrogen and oxygen atoms in total. The zero-order valence-electron chi connectivity index (χ0n) is 5.65. The Morgan fingerprint density at radius 3 is 2.75 bits per heavy atom. The minimum absolute atomic E-state index is 0.983. The largest absolute Gasteiger partial charge is 0.310 e. The van der Waals surface area contributed by atoms with E-state index in [1.54, 1.807) is 0 Å². The van der Waals surface area contributed by atoms with Gasteiger partial charge in [0.25, 0.3) is 0 Å². The molecule has 0 unspecified atom stereocenters. The Bertz CT molecular complexity index is 59.5. The molecule has 0 radical (unpaired) electrons. The fourth-order valence-electron chi connectivity index (χ4n) is 0.332. The molecule has 0 aliphatic rings. The van der Waals surface area contributed by atoms with E-state index in [1.807, 2.05) is 6.21 Å². The van der Waals surface area contributed by atoms with Crippen molar-refractivity contribution in [3.63, 3.8) is 0 Å². The molecule has 8 heavy (non-hydrogen) atoms. The van der Waals surface area contributed by atoms with Gasteiger partial charge in [0.05, 0.1) is 0 Å². The van der Waals surface area contributed by atoms with Crippen LogP contribution in [0.5, 0.6) is 0 Å². The van der Waals surface area contributed by atoms with Crippen LogP contribution in [0.3, 0.4) is 0 Å². The molecule has 0 saturated carbocycles. The Kier molecular flexibility index (Phi) is 6.04. The van der Waals surface area contributed by atoms with Crippen molar-refractivity contribution in [2.75, 3.05) is 6.54 Å². The lowest BCUT2D eigenvalue weighted by atomic mass is 10.5. The topological polar surface area (TPSA) is 24.4 Å². The molecule has 2 heteroatoms. The molecule has 0 amide bonds. The minimum atomic E-state index is 0.983. The van der Waals surface area contributed by atoms with Crippen molar-refractivity contribution in [1.29, 1.82) is 0 Å². The maximum atomic E-state index is 3.90. The van der Waals surface area contributed by atoms with Crippen LogP contribution in [0.25, 0.3) is 0 Å². The third-order valence-corrected chi connectivity index (χ3v) is 0.727. The maximum absolute atomic E-state index is 3.90. The summed E-state index contributed by atoms with van der Waals surface area (Å²) in [7, 11) is 0. The van der Waals surface area contributed by atoms with E-state index in [4.69, 9.17) is 0 Å². The Morgan fingerprint density at radius 2 is 2.25 bits per heavy atom. The number of hydrogen-bond acceptors (Lipinski definition) is 2. The predicted octanol–water partition coefficient (Wildman–Crippen LogP) is 1.38. The Balaban J connectivity index is 2.80. The summed E-state index contributed by atoms with van der Waals surface area (Å²) < 4.78 is 0. The predicted molar refractivity (Wildman–Crippen MR) is 37.1 cm³/mol. The van der Waals surface area contributed by atoms with Crippen LogP contribution >= 0.6 is 0 Å². The average molecular weight is 114 g/mol. The van der Waals surface area contributed by atoms with Crippen LogP contribution in [0.2, 0.25) is 0 Å². The highest BCUT2D eigenvalue weighted by Gasteiger charge is 1.71. The van der Waals surface area contributed by atoms with E-state index in [0.717, 1.165) is 19.4 Å². The molecule has 0 rings (SSSR count). The summed E-state index contributed by atoms with van der Waals surface area (Å²) in [6, 6.07) is 0. The smallest absolute Gasteiger partial charge is 0.0326 e. The van der Waals surface area contributed by atoms with Gasteiger partial charge in [0.2, 0.25) is 0 Å². The third-order valence-electron chi connectivity index (χ3n) is 0.727. The second-order valence-electron chi connectivity index (χ2n) is 1.63. The molecule has 0 aliphatic heterocycles. The number of hydrogen-bond donors (Lipinski definition) is 1. The molecular weight excluding hydrogens is 100 g/mol. The van der Waals surface area contributed by atoms with E-state index in [0.29, 0.717) is 0 Å². The van der Waals surface area contributed by atoms with Crippen molar-refractivity contribution >= 4 is 6.21 Å². The average Bonchev–Trinajstić information content (AvgIpc) is 1.81. The van der Waals surface area contributed by atoms with Crippen molar-refractivity contribution in [2.45, 2.75) is 26.7 Å². The molecule has 0 aromatic heterocycles. The molecule has 0 fully saturated rings. The van der Waals surface area contributed by atoms with E-state index in [1.165, 1.54) is 0 Å². The summed E-state index contributed by atoms with van der Waals surface area (Å²) in [5.74, 6) is 0. The van der Waals surface area contributed by atoms with Gasteiger partial charge in [-0.05, 0) is 12.8 Å². The van der Waals surface area contributed by atoms with Crippen molar-refractivity contribution < 1.29 is 0 Å². The first-order valence-corrected chi connectivity index (χ1v) is 3.16. The molecule has 0 aromatic carbocycles. The summed E-state index contributed by atoms with van der Waals surface area (Å²) >= 11 is 0. The first kappa shape index (κ1) is 7.47. The summed E-state index contributed by atoms with van der Waals surface area (Å²) in [4.78, 5) is 0. The molecular formula is C6H14N2. The summed E-state index contributed by atoms with van der Waals surface area (Å²) in [5, 5.41) is 3.90. The van der Waals surface area contributed by atoms with Crippen molar-refractivity contribution in [2.24, 2.45) is 5.10 Å². The highest BCUT2D eigenvalue weighted by Crippen LogP contribution is 1.69. The fraction of sp³-hybridized carbons (Fsp3) is 0.833. The van der Waals surface area contributed by atoms with Crippen LogP contribution in [-0.4, -0.2) is 12.8 Å². The van der Waals surface area contributed by atoms with E-state index >= 15 is 0 Å². The van der Waals surface area contributed by atoms with Gasteiger partial charge in [-0.25, -0.2) is 0 Å². The third kappa shape index (κ3) is 5.47. The molecule has 0 spiro atoms. The van der Waals surface area contributed by atoms with Gasteiger partial charge >= 0.3 is 0 Å². The van der Waals surface area contributed by atoms with Crippen LogP contribution < -0.4 is 5.43 Å². The molecule has 0 bridgehead atoms. The molecule has 0 saturated heterocycles. The highest BCUT2D eigenvalue weighted by atomic mass is 15.3. The van der Waals surface area contributed by atoms with Gasteiger partial charge < -0.3 is 5.43 Å². The SMILES string of the molecule is CC/C=N\NCCC. The van der Waals surface area contributed by atoms with Gasteiger partial charge in [0.15, 0.2) is 0 Å². The van der Waals surface area contributed by atoms with Crippen molar-refractivity contribution in [3.05, 3.63) is 0 Å². The quantitative estimate of drug-likeness (QED) is 0.333. The van der Waals surface area contributed by atoms with E-state index in [-0.39, 0.29) is 0 Å². The molecule has 0 heterocycles. The maximum Gasteiger partial charge on any atom is 0.0326 e. The van der Waals surface area contributed by atoms with E-state index in [9.17, 15) is 0 Å². The van der Waals surface area contributed by atoms with Crippen LogP contribution in [0.4, 0.5) is 0 Å². The van der Waals surface area contributed by atoms with Gasteiger partial charge in [0, 0.05) is 12.8 Å². The van der Waals surface area contributed by atoms with Crippen LogP contribution in [0, 0.1) is 0 Å². The van der Waals surface area contributed by atoms with E-state index in [2.05, 4.69) is 24.4 Å². The van der Waals surface area contributed by atoms with Gasteiger partial charge in [-0.1, -0.05) is 13.8 Å². The number of hydrazone groups is 1. The fourth-order valence-corrected chi connectivity index (χ4v) is 0.332. The Labute approximate surface area is 51.0 Å². The Hall–Kier alpha value is -0.530. The number of nitrogens with zero attached hydrogens (tertiary/aromatic N) is 1. The van der Waals surface area contributed by atoms with Gasteiger partial charge in [-0.3, -0.25) is 0 Å². The molecule has 0 aromatic rings. The minimum Gasteiger partial charge on any atom is -0.310 e.